The lowest BCUT2D eigenvalue weighted by molar-refractivity contribution is 0.0962. The van der Waals surface area contributed by atoms with Gasteiger partial charge in [-0.1, -0.05) is 0 Å². The SMILES string of the molecule is CNC(=O)c1cncc(-c2cc(F)c(OC)c(NS(=O)(=O)c3cnn(C)c3)c2)c1. The Labute approximate surface area is 166 Å². The number of ether oxygens (including phenoxy) is 1. The van der Waals surface area contributed by atoms with Gasteiger partial charge in [-0.2, -0.15) is 5.10 Å². The molecule has 0 spiro atoms. The standard InChI is InChI=1S/C18H18FN5O4S/c1-20-18(25)13-4-12(7-21-8-13)11-5-15(19)17(28-3)16(6-11)23-29(26,27)14-9-22-24(2)10-14/h4-10,23H,1-3H3,(H,20,25). The summed E-state index contributed by atoms with van der Waals surface area (Å²) in [5.41, 5.74) is 0.912. The van der Waals surface area contributed by atoms with Gasteiger partial charge < -0.3 is 10.1 Å². The number of carbonyl (C=O) groups excluding carboxylic acids is 1. The van der Waals surface area contributed by atoms with Crippen molar-refractivity contribution >= 4 is 21.6 Å². The fourth-order valence-electron chi connectivity index (χ4n) is 2.65. The molecule has 0 aliphatic rings. The van der Waals surface area contributed by atoms with E-state index in [1.54, 1.807) is 7.05 Å². The van der Waals surface area contributed by atoms with Crippen LogP contribution in [-0.4, -0.2) is 43.2 Å². The first-order valence-corrected chi connectivity index (χ1v) is 9.80. The van der Waals surface area contributed by atoms with Gasteiger partial charge in [-0.05, 0) is 23.8 Å². The van der Waals surface area contributed by atoms with Crippen molar-refractivity contribution in [1.29, 1.82) is 0 Å². The lowest BCUT2D eigenvalue weighted by Gasteiger charge is -2.14. The third kappa shape index (κ3) is 4.19. The van der Waals surface area contributed by atoms with Gasteiger partial charge in [0.15, 0.2) is 11.6 Å². The summed E-state index contributed by atoms with van der Waals surface area (Å²) in [5, 5.41) is 6.31. The molecule has 9 nitrogen and oxygen atoms in total. The van der Waals surface area contributed by atoms with Crippen LogP contribution in [0.5, 0.6) is 5.75 Å². The number of pyridine rings is 1. The molecule has 1 aromatic carbocycles. The Morgan fingerprint density at radius 1 is 1.17 bits per heavy atom. The van der Waals surface area contributed by atoms with Crippen LogP contribution in [0.25, 0.3) is 11.1 Å². The zero-order valence-electron chi connectivity index (χ0n) is 15.8. The first-order chi connectivity index (χ1) is 13.7. The van der Waals surface area contributed by atoms with E-state index < -0.39 is 15.8 Å². The molecule has 3 aromatic rings. The molecule has 2 aromatic heterocycles. The lowest BCUT2D eigenvalue weighted by atomic mass is 10.0. The average Bonchev–Trinajstić information content (AvgIpc) is 3.14. The van der Waals surface area contributed by atoms with E-state index in [-0.39, 0.29) is 27.8 Å². The molecule has 3 rings (SSSR count). The largest absolute Gasteiger partial charge is 0.492 e. The Hall–Kier alpha value is -3.47. The molecule has 0 radical (unpaired) electrons. The third-order valence-corrected chi connectivity index (χ3v) is 5.36. The molecule has 1 amide bonds. The molecule has 0 aliphatic carbocycles. The number of nitrogens with one attached hydrogen (secondary N) is 2. The fourth-order valence-corrected chi connectivity index (χ4v) is 3.69. The lowest BCUT2D eigenvalue weighted by Crippen LogP contribution is -2.17. The van der Waals surface area contributed by atoms with Crippen molar-refractivity contribution in [3.05, 3.63) is 54.4 Å². The number of nitrogens with zero attached hydrogens (tertiary/aromatic N) is 3. The molecule has 152 valence electrons. The number of aryl methyl sites for hydroxylation is 1. The molecule has 0 saturated heterocycles. The molecule has 0 unspecified atom stereocenters. The summed E-state index contributed by atoms with van der Waals surface area (Å²) < 4.78 is 48.5. The number of rotatable bonds is 6. The van der Waals surface area contributed by atoms with Crippen molar-refractivity contribution in [3.63, 3.8) is 0 Å². The molecule has 2 N–H and O–H groups in total. The second kappa shape index (κ2) is 7.87. The number of amides is 1. The predicted octanol–water partition coefficient (Wildman–Crippen LogP) is 1.79. The van der Waals surface area contributed by atoms with Crippen molar-refractivity contribution in [3.8, 4) is 16.9 Å². The number of sulfonamides is 1. The van der Waals surface area contributed by atoms with Gasteiger partial charge in [0, 0.05) is 38.2 Å². The minimum atomic E-state index is -4.03. The first kappa shape index (κ1) is 20.3. The number of anilines is 1. The number of benzene rings is 1. The molecule has 29 heavy (non-hydrogen) atoms. The Kier molecular flexibility index (Phi) is 5.50. The monoisotopic (exact) mass is 419 g/mol. The number of carbonyl (C=O) groups is 1. The molecule has 0 saturated carbocycles. The van der Waals surface area contributed by atoms with E-state index in [9.17, 15) is 17.6 Å². The molecule has 0 atom stereocenters. The molecule has 0 aliphatic heterocycles. The van der Waals surface area contributed by atoms with Crippen LogP contribution in [0.3, 0.4) is 0 Å². The van der Waals surface area contributed by atoms with Gasteiger partial charge in [-0.3, -0.25) is 19.2 Å². The van der Waals surface area contributed by atoms with Crippen molar-refractivity contribution in [2.75, 3.05) is 18.9 Å². The zero-order valence-corrected chi connectivity index (χ0v) is 16.6. The first-order valence-electron chi connectivity index (χ1n) is 8.31. The van der Waals surface area contributed by atoms with Crippen LogP contribution < -0.4 is 14.8 Å². The minimum Gasteiger partial charge on any atom is -0.492 e. The van der Waals surface area contributed by atoms with Crippen molar-refractivity contribution in [1.82, 2.24) is 20.1 Å². The van der Waals surface area contributed by atoms with E-state index in [0.29, 0.717) is 11.1 Å². The van der Waals surface area contributed by atoms with Crippen LogP contribution in [0, 0.1) is 5.82 Å². The fraction of sp³-hybridized carbons (Fsp3) is 0.167. The maximum atomic E-state index is 14.6. The number of halogens is 1. The molecule has 0 fully saturated rings. The van der Waals surface area contributed by atoms with Crippen molar-refractivity contribution in [2.24, 2.45) is 7.05 Å². The summed E-state index contributed by atoms with van der Waals surface area (Å²) in [7, 11) is 0.259. The number of methoxy groups -OCH3 is 1. The topological polar surface area (TPSA) is 115 Å². The molecule has 0 bridgehead atoms. The average molecular weight is 419 g/mol. The van der Waals surface area contributed by atoms with Crippen molar-refractivity contribution in [2.45, 2.75) is 4.90 Å². The maximum absolute atomic E-state index is 14.6. The zero-order chi connectivity index (χ0) is 21.2. The normalized spacial score (nSPS) is 11.2. The van der Waals surface area contributed by atoms with E-state index in [4.69, 9.17) is 4.74 Å². The third-order valence-electron chi connectivity index (χ3n) is 4.04. The van der Waals surface area contributed by atoms with E-state index >= 15 is 0 Å². The molecule has 11 heteroatoms. The predicted molar refractivity (Wildman–Crippen MR) is 104 cm³/mol. The molecular weight excluding hydrogens is 401 g/mol. The van der Waals surface area contributed by atoms with Gasteiger partial charge in [0.1, 0.15) is 4.90 Å². The second-order valence-electron chi connectivity index (χ2n) is 6.04. The van der Waals surface area contributed by atoms with E-state index in [2.05, 4.69) is 20.1 Å². The summed E-state index contributed by atoms with van der Waals surface area (Å²) >= 11 is 0. The highest BCUT2D eigenvalue weighted by Crippen LogP contribution is 2.35. The Balaban J connectivity index is 2.07. The van der Waals surface area contributed by atoms with Crippen LogP contribution in [0.2, 0.25) is 0 Å². The Morgan fingerprint density at radius 3 is 2.55 bits per heavy atom. The Bertz CT molecular complexity index is 1180. The molecule has 2 heterocycles. The number of hydrogen-bond acceptors (Lipinski definition) is 6. The van der Waals surface area contributed by atoms with Crippen LogP contribution in [-0.2, 0) is 17.1 Å². The maximum Gasteiger partial charge on any atom is 0.265 e. The smallest absolute Gasteiger partial charge is 0.265 e. The highest BCUT2D eigenvalue weighted by molar-refractivity contribution is 7.92. The van der Waals surface area contributed by atoms with Crippen LogP contribution in [0.15, 0.2) is 47.9 Å². The highest BCUT2D eigenvalue weighted by atomic mass is 32.2. The van der Waals surface area contributed by atoms with Crippen LogP contribution in [0.1, 0.15) is 10.4 Å². The van der Waals surface area contributed by atoms with Gasteiger partial charge in [0.25, 0.3) is 15.9 Å². The van der Waals surface area contributed by atoms with E-state index in [0.717, 1.165) is 0 Å². The van der Waals surface area contributed by atoms with Crippen LogP contribution >= 0.6 is 0 Å². The summed E-state index contributed by atoms with van der Waals surface area (Å²) in [5.74, 6) is -1.40. The van der Waals surface area contributed by atoms with Gasteiger partial charge in [-0.25, -0.2) is 12.8 Å². The minimum absolute atomic E-state index is 0.0869. The van der Waals surface area contributed by atoms with Gasteiger partial charge in [-0.15, -0.1) is 0 Å². The second-order valence-corrected chi connectivity index (χ2v) is 7.72. The van der Waals surface area contributed by atoms with Gasteiger partial charge >= 0.3 is 0 Å². The van der Waals surface area contributed by atoms with E-state index in [1.807, 2.05) is 0 Å². The van der Waals surface area contributed by atoms with Crippen molar-refractivity contribution < 1.29 is 22.3 Å². The summed E-state index contributed by atoms with van der Waals surface area (Å²) in [6.07, 6.45) is 5.29. The number of aromatic nitrogens is 3. The number of hydrogen-bond donors (Lipinski definition) is 2. The highest BCUT2D eigenvalue weighted by Gasteiger charge is 2.21. The van der Waals surface area contributed by atoms with Gasteiger partial charge in [0.05, 0.1) is 24.6 Å². The Morgan fingerprint density at radius 2 is 1.93 bits per heavy atom. The molecular formula is C18H18FN5O4S. The van der Waals surface area contributed by atoms with Gasteiger partial charge in [0.2, 0.25) is 0 Å². The summed E-state index contributed by atoms with van der Waals surface area (Å²) in [6, 6.07) is 4.10. The summed E-state index contributed by atoms with van der Waals surface area (Å²) in [6.45, 7) is 0. The summed E-state index contributed by atoms with van der Waals surface area (Å²) in [4.78, 5) is 15.7. The van der Waals surface area contributed by atoms with Crippen LogP contribution in [0.4, 0.5) is 10.1 Å². The van der Waals surface area contributed by atoms with E-state index in [1.165, 1.54) is 61.8 Å². The quantitative estimate of drug-likeness (QED) is 0.630.